The van der Waals surface area contributed by atoms with E-state index in [9.17, 15) is 4.79 Å². The van der Waals surface area contributed by atoms with Crippen molar-refractivity contribution in [2.75, 3.05) is 7.11 Å². The zero-order valence-corrected chi connectivity index (χ0v) is 12.7. The van der Waals surface area contributed by atoms with Crippen LogP contribution in [0.1, 0.15) is 30.9 Å². The van der Waals surface area contributed by atoms with E-state index in [1.165, 1.54) is 23.8 Å². The van der Waals surface area contributed by atoms with Crippen molar-refractivity contribution in [1.29, 1.82) is 0 Å². The third-order valence-electron chi connectivity index (χ3n) is 3.75. The van der Waals surface area contributed by atoms with E-state index in [2.05, 4.69) is 54.6 Å². The van der Waals surface area contributed by atoms with Gasteiger partial charge in [-0.1, -0.05) is 61.6 Å². The van der Waals surface area contributed by atoms with Crippen LogP contribution in [0.15, 0.2) is 54.6 Å². The molecule has 1 atom stereocenters. The summed E-state index contributed by atoms with van der Waals surface area (Å²) in [5.41, 5.74) is 3.75. The van der Waals surface area contributed by atoms with Crippen LogP contribution in [0.2, 0.25) is 0 Å². The molecule has 0 N–H and O–H groups in total. The first kappa shape index (κ1) is 15.3. The summed E-state index contributed by atoms with van der Waals surface area (Å²) in [5, 5.41) is 0. The fraction of sp³-hybridized carbons (Fsp3) is 0.316. The van der Waals surface area contributed by atoms with E-state index in [1.807, 2.05) is 6.92 Å². The van der Waals surface area contributed by atoms with Gasteiger partial charge < -0.3 is 4.74 Å². The van der Waals surface area contributed by atoms with Gasteiger partial charge in [-0.3, -0.25) is 4.79 Å². The Balaban J connectivity index is 1.96. The van der Waals surface area contributed by atoms with Crippen LogP contribution in [0.25, 0.3) is 5.57 Å². The smallest absolute Gasteiger partial charge is 0.308 e. The molecule has 2 nitrogen and oxygen atoms in total. The van der Waals surface area contributed by atoms with Gasteiger partial charge in [0.1, 0.15) is 0 Å². The van der Waals surface area contributed by atoms with Crippen molar-refractivity contribution < 1.29 is 9.53 Å². The van der Waals surface area contributed by atoms with Gasteiger partial charge in [0, 0.05) is 0 Å². The van der Waals surface area contributed by atoms with Gasteiger partial charge in [-0.05, 0) is 36.0 Å². The van der Waals surface area contributed by atoms with E-state index in [4.69, 9.17) is 4.74 Å². The van der Waals surface area contributed by atoms with Gasteiger partial charge in [0.2, 0.25) is 0 Å². The second kappa shape index (κ2) is 7.63. The van der Waals surface area contributed by atoms with Crippen molar-refractivity contribution >= 4 is 11.5 Å². The number of esters is 1. The zero-order chi connectivity index (χ0) is 15.1. The van der Waals surface area contributed by atoms with E-state index in [-0.39, 0.29) is 11.9 Å². The molecule has 0 spiro atoms. The average molecular weight is 282 g/mol. The molecule has 0 aliphatic heterocycles. The molecule has 21 heavy (non-hydrogen) atoms. The monoisotopic (exact) mass is 282 g/mol. The molecule has 1 aliphatic rings. The van der Waals surface area contributed by atoms with Crippen LogP contribution in [0, 0.1) is 5.92 Å². The number of rotatable bonds is 5. The van der Waals surface area contributed by atoms with Gasteiger partial charge in [0.15, 0.2) is 0 Å². The lowest BCUT2D eigenvalue weighted by molar-refractivity contribution is -0.145. The molecule has 1 unspecified atom stereocenters. The molecule has 0 radical (unpaired) electrons. The van der Waals surface area contributed by atoms with Gasteiger partial charge in [-0.15, -0.1) is 0 Å². The molecule has 2 heteroatoms. The fourth-order valence-electron chi connectivity index (χ4n) is 2.36. The number of allylic oxidation sites excluding steroid dienone is 6. The first-order valence-corrected chi connectivity index (χ1v) is 7.41. The summed E-state index contributed by atoms with van der Waals surface area (Å²) in [6.07, 6.45) is 13.3. The molecule has 0 bridgehead atoms. The predicted octanol–water partition coefficient (Wildman–Crippen LogP) is 4.33. The molecule has 1 aromatic rings. The second-order valence-electron chi connectivity index (χ2n) is 5.34. The van der Waals surface area contributed by atoms with Crippen molar-refractivity contribution in [3.63, 3.8) is 0 Å². The number of benzene rings is 1. The fourth-order valence-corrected chi connectivity index (χ4v) is 2.36. The number of methoxy groups -OCH3 is 1. The van der Waals surface area contributed by atoms with E-state index in [0.29, 0.717) is 0 Å². The van der Waals surface area contributed by atoms with E-state index < -0.39 is 0 Å². The summed E-state index contributed by atoms with van der Waals surface area (Å²) in [5.74, 6) is -0.180. The van der Waals surface area contributed by atoms with Crippen molar-refractivity contribution in [2.24, 2.45) is 5.92 Å². The Hall–Kier alpha value is -2.09. The molecule has 0 fully saturated rings. The van der Waals surface area contributed by atoms with Crippen molar-refractivity contribution in [1.82, 2.24) is 0 Å². The lowest BCUT2D eigenvalue weighted by atomic mass is 9.98. The summed E-state index contributed by atoms with van der Waals surface area (Å²) in [7, 11) is 1.44. The van der Waals surface area contributed by atoms with Gasteiger partial charge >= 0.3 is 5.97 Å². The summed E-state index contributed by atoms with van der Waals surface area (Å²) in [4.78, 5) is 11.4. The Morgan fingerprint density at radius 2 is 2.00 bits per heavy atom. The quantitative estimate of drug-likeness (QED) is 0.751. The molecule has 0 saturated heterocycles. The maximum Gasteiger partial charge on any atom is 0.308 e. The minimum absolute atomic E-state index is 0.0479. The van der Waals surface area contributed by atoms with Gasteiger partial charge in [-0.2, -0.15) is 0 Å². The first-order chi connectivity index (χ1) is 10.2. The number of hydrogen-bond donors (Lipinski definition) is 0. The van der Waals surface area contributed by atoms with Gasteiger partial charge in [0.25, 0.3) is 0 Å². The van der Waals surface area contributed by atoms with Crippen LogP contribution in [0.5, 0.6) is 0 Å². The Morgan fingerprint density at radius 1 is 1.24 bits per heavy atom. The summed E-state index contributed by atoms with van der Waals surface area (Å²) < 4.78 is 4.75. The number of carbonyl (C=O) groups is 1. The third kappa shape index (κ3) is 4.45. The van der Waals surface area contributed by atoms with Crippen LogP contribution in [-0.2, 0) is 16.0 Å². The average Bonchev–Trinajstić information content (AvgIpc) is 2.81. The summed E-state index contributed by atoms with van der Waals surface area (Å²) in [6, 6.07) is 8.60. The van der Waals surface area contributed by atoms with Gasteiger partial charge in [-0.25, -0.2) is 0 Å². The van der Waals surface area contributed by atoms with Crippen LogP contribution in [0.4, 0.5) is 0 Å². The largest absolute Gasteiger partial charge is 0.469 e. The normalized spacial score (nSPS) is 15.2. The molecule has 0 amide bonds. The van der Waals surface area contributed by atoms with Crippen molar-refractivity contribution in [3.05, 3.63) is 65.8 Å². The van der Waals surface area contributed by atoms with E-state index in [0.717, 1.165) is 19.3 Å². The highest BCUT2D eigenvalue weighted by atomic mass is 16.5. The van der Waals surface area contributed by atoms with Crippen molar-refractivity contribution in [3.8, 4) is 0 Å². The summed E-state index contributed by atoms with van der Waals surface area (Å²) >= 11 is 0. The molecule has 110 valence electrons. The molecule has 1 aliphatic carbocycles. The van der Waals surface area contributed by atoms with Crippen LogP contribution >= 0.6 is 0 Å². The van der Waals surface area contributed by atoms with Crippen LogP contribution in [0.3, 0.4) is 0 Å². The Kier molecular flexibility index (Phi) is 5.56. The molecule has 2 rings (SSSR count). The van der Waals surface area contributed by atoms with Crippen LogP contribution in [-0.4, -0.2) is 13.1 Å². The highest BCUT2D eigenvalue weighted by Gasteiger charge is 2.12. The van der Waals surface area contributed by atoms with E-state index in [1.54, 1.807) is 0 Å². The highest BCUT2D eigenvalue weighted by molar-refractivity contribution is 5.75. The highest BCUT2D eigenvalue weighted by Crippen LogP contribution is 2.20. The molecule has 0 heterocycles. The predicted molar refractivity (Wildman–Crippen MR) is 86.8 cm³/mol. The minimum Gasteiger partial charge on any atom is -0.469 e. The lowest BCUT2D eigenvalue weighted by Gasteiger charge is -2.09. The first-order valence-electron chi connectivity index (χ1n) is 7.41. The number of carbonyl (C=O) groups excluding carboxylic acids is 1. The van der Waals surface area contributed by atoms with Gasteiger partial charge in [0.05, 0.1) is 13.0 Å². The maximum atomic E-state index is 11.4. The summed E-state index contributed by atoms with van der Waals surface area (Å²) in [6.45, 7) is 1.91. The minimum atomic E-state index is -0.132. The molecule has 0 aromatic heterocycles. The number of hydrogen-bond acceptors (Lipinski definition) is 2. The number of ether oxygens (including phenoxy) is 1. The zero-order valence-electron chi connectivity index (χ0n) is 12.7. The molecular weight excluding hydrogens is 260 g/mol. The van der Waals surface area contributed by atoms with Crippen LogP contribution < -0.4 is 0 Å². The molecule has 0 saturated carbocycles. The Labute approximate surface area is 126 Å². The molecular formula is C19H22O2. The standard InChI is InChI=1S/C19H22O2/c1-15(19(20)21-2)9-10-16-11-13-18(14-12-16)17-7-5-3-4-6-8-17/h3-5,7-8,11-15H,6,9-10H2,1-2H3. The Bertz CT molecular complexity index is 562. The maximum absolute atomic E-state index is 11.4. The third-order valence-corrected chi connectivity index (χ3v) is 3.75. The van der Waals surface area contributed by atoms with Crippen molar-refractivity contribution in [2.45, 2.75) is 26.2 Å². The second-order valence-corrected chi connectivity index (χ2v) is 5.34. The number of aryl methyl sites for hydroxylation is 1. The van der Waals surface area contributed by atoms with E-state index >= 15 is 0 Å². The lowest BCUT2D eigenvalue weighted by Crippen LogP contribution is -2.13. The SMILES string of the molecule is COC(=O)C(C)CCc1ccc(C2=CCC=CC=C2)cc1. The molecule has 1 aromatic carbocycles. The Morgan fingerprint density at radius 3 is 2.71 bits per heavy atom. The topological polar surface area (TPSA) is 26.3 Å².